The van der Waals surface area contributed by atoms with Crippen molar-refractivity contribution in [3.63, 3.8) is 0 Å². The van der Waals surface area contributed by atoms with Gasteiger partial charge in [-0.1, -0.05) is 45.4 Å². The molecule has 0 radical (unpaired) electrons. The molecule has 0 unspecified atom stereocenters. The third-order valence-corrected chi connectivity index (χ3v) is 4.13. The van der Waals surface area contributed by atoms with Gasteiger partial charge in [-0.15, -0.1) is 0 Å². The SMILES string of the molecule is CCCCCCOC(=O)CC1(CN)CCCCC1. The molecule has 0 aromatic carbocycles. The Morgan fingerprint density at radius 3 is 2.50 bits per heavy atom. The van der Waals surface area contributed by atoms with Crippen molar-refractivity contribution in [3.05, 3.63) is 0 Å². The van der Waals surface area contributed by atoms with Crippen LogP contribution in [0.1, 0.15) is 71.1 Å². The van der Waals surface area contributed by atoms with E-state index < -0.39 is 0 Å². The number of ether oxygens (including phenoxy) is 1. The van der Waals surface area contributed by atoms with Crippen molar-refractivity contribution < 1.29 is 9.53 Å². The van der Waals surface area contributed by atoms with Crippen molar-refractivity contribution in [2.24, 2.45) is 11.1 Å². The van der Waals surface area contributed by atoms with Crippen LogP contribution in [0.3, 0.4) is 0 Å². The fourth-order valence-corrected chi connectivity index (χ4v) is 2.83. The van der Waals surface area contributed by atoms with Crippen molar-refractivity contribution in [3.8, 4) is 0 Å². The largest absolute Gasteiger partial charge is 0.466 e. The van der Waals surface area contributed by atoms with E-state index in [9.17, 15) is 4.79 Å². The zero-order valence-electron chi connectivity index (χ0n) is 11.9. The maximum Gasteiger partial charge on any atom is 0.306 e. The molecule has 0 spiro atoms. The van der Waals surface area contributed by atoms with Gasteiger partial charge in [0.15, 0.2) is 0 Å². The molecule has 0 saturated heterocycles. The highest BCUT2D eigenvalue weighted by Crippen LogP contribution is 2.38. The summed E-state index contributed by atoms with van der Waals surface area (Å²) < 4.78 is 5.32. The lowest BCUT2D eigenvalue weighted by molar-refractivity contribution is -0.147. The van der Waals surface area contributed by atoms with Crippen LogP contribution in [0.5, 0.6) is 0 Å². The highest BCUT2D eigenvalue weighted by atomic mass is 16.5. The number of rotatable bonds is 8. The van der Waals surface area contributed by atoms with Gasteiger partial charge in [0.05, 0.1) is 13.0 Å². The zero-order valence-corrected chi connectivity index (χ0v) is 11.9. The van der Waals surface area contributed by atoms with Gasteiger partial charge < -0.3 is 10.5 Å². The van der Waals surface area contributed by atoms with E-state index in [0.29, 0.717) is 19.6 Å². The average Bonchev–Trinajstić information content (AvgIpc) is 2.39. The van der Waals surface area contributed by atoms with Crippen LogP contribution in [0.2, 0.25) is 0 Å². The molecule has 1 aliphatic carbocycles. The Bertz CT molecular complexity index is 235. The number of hydrogen-bond acceptors (Lipinski definition) is 3. The molecule has 0 aromatic rings. The molecule has 0 aromatic heterocycles. The molecular formula is C15H29NO2. The van der Waals surface area contributed by atoms with Gasteiger partial charge in [0.1, 0.15) is 0 Å². The molecular weight excluding hydrogens is 226 g/mol. The van der Waals surface area contributed by atoms with Gasteiger partial charge in [0.25, 0.3) is 0 Å². The molecule has 0 atom stereocenters. The molecule has 1 saturated carbocycles. The van der Waals surface area contributed by atoms with Gasteiger partial charge in [0, 0.05) is 0 Å². The molecule has 1 aliphatic rings. The first-order valence-corrected chi connectivity index (χ1v) is 7.58. The predicted octanol–water partition coefficient (Wildman–Crippen LogP) is 3.41. The predicted molar refractivity (Wildman–Crippen MR) is 74.3 cm³/mol. The Morgan fingerprint density at radius 2 is 1.89 bits per heavy atom. The summed E-state index contributed by atoms with van der Waals surface area (Å²) in [6.07, 6.45) is 11.0. The number of esters is 1. The summed E-state index contributed by atoms with van der Waals surface area (Å²) in [4.78, 5) is 11.8. The summed E-state index contributed by atoms with van der Waals surface area (Å²) >= 11 is 0. The first-order valence-electron chi connectivity index (χ1n) is 7.58. The van der Waals surface area contributed by atoms with E-state index in [4.69, 9.17) is 10.5 Å². The summed E-state index contributed by atoms with van der Waals surface area (Å²) in [7, 11) is 0. The molecule has 0 aliphatic heterocycles. The minimum absolute atomic E-state index is 0.0404. The summed E-state index contributed by atoms with van der Waals surface area (Å²) in [5, 5.41) is 0. The Kier molecular flexibility index (Phi) is 7.33. The van der Waals surface area contributed by atoms with E-state index in [1.165, 1.54) is 32.1 Å². The normalized spacial score (nSPS) is 18.6. The summed E-state index contributed by atoms with van der Waals surface area (Å²) in [6, 6.07) is 0. The van der Waals surface area contributed by atoms with Gasteiger partial charge >= 0.3 is 5.97 Å². The van der Waals surface area contributed by atoms with E-state index in [1.54, 1.807) is 0 Å². The summed E-state index contributed by atoms with van der Waals surface area (Å²) in [6.45, 7) is 3.39. The third kappa shape index (κ3) is 5.38. The van der Waals surface area contributed by atoms with Crippen LogP contribution in [0.25, 0.3) is 0 Å². The molecule has 1 rings (SSSR count). The molecule has 3 heteroatoms. The number of carbonyl (C=O) groups is 1. The Hall–Kier alpha value is -0.570. The Morgan fingerprint density at radius 1 is 1.17 bits per heavy atom. The third-order valence-electron chi connectivity index (χ3n) is 4.13. The summed E-state index contributed by atoms with van der Waals surface area (Å²) in [5.74, 6) is -0.0427. The van der Waals surface area contributed by atoms with Crippen LogP contribution in [-0.2, 0) is 9.53 Å². The first-order chi connectivity index (χ1) is 8.72. The van der Waals surface area contributed by atoms with Gasteiger partial charge in [-0.25, -0.2) is 0 Å². The second kappa shape index (κ2) is 8.52. The Balaban J connectivity index is 2.20. The Labute approximate surface area is 111 Å². The van der Waals surface area contributed by atoms with E-state index in [2.05, 4.69) is 6.92 Å². The highest BCUT2D eigenvalue weighted by Gasteiger charge is 2.33. The first kappa shape index (κ1) is 15.5. The van der Waals surface area contributed by atoms with Gasteiger partial charge in [-0.05, 0) is 31.2 Å². The fraction of sp³-hybridized carbons (Fsp3) is 0.933. The van der Waals surface area contributed by atoms with Crippen molar-refractivity contribution in [2.45, 2.75) is 71.1 Å². The van der Waals surface area contributed by atoms with E-state index in [1.807, 2.05) is 0 Å². The molecule has 0 heterocycles. The van der Waals surface area contributed by atoms with Gasteiger partial charge in [-0.2, -0.15) is 0 Å². The molecule has 106 valence electrons. The molecule has 0 bridgehead atoms. The lowest BCUT2D eigenvalue weighted by Gasteiger charge is -2.35. The van der Waals surface area contributed by atoms with E-state index in [0.717, 1.165) is 25.7 Å². The molecule has 3 nitrogen and oxygen atoms in total. The second-order valence-electron chi connectivity index (χ2n) is 5.72. The monoisotopic (exact) mass is 255 g/mol. The molecule has 1 fully saturated rings. The average molecular weight is 255 g/mol. The van der Waals surface area contributed by atoms with Crippen LogP contribution in [0.15, 0.2) is 0 Å². The second-order valence-corrected chi connectivity index (χ2v) is 5.72. The maximum atomic E-state index is 11.8. The minimum atomic E-state index is -0.0427. The zero-order chi connectivity index (χ0) is 13.3. The quantitative estimate of drug-likeness (QED) is 0.534. The number of unbranched alkanes of at least 4 members (excludes halogenated alkanes) is 3. The van der Waals surface area contributed by atoms with Crippen molar-refractivity contribution >= 4 is 5.97 Å². The van der Waals surface area contributed by atoms with Crippen molar-refractivity contribution in [1.29, 1.82) is 0 Å². The van der Waals surface area contributed by atoms with Crippen LogP contribution in [0, 0.1) is 5.41 Å². The van der Waals surface area contributed by atoms with E-state index >= 15 is 0 Å². The topological polar surface area (TPSA) is 52.3 Å². The van der Waals surface area contributed by atoms with Crippen LogP contribution >= 0.6 is 0 Å². The van der Waals surface area contributed by atoms with Crippen molar-refractivity contribution in [2.75, 3.05) is 13.2 Å². The summed E-state index contributed by atoms with van der Waals surface area (Å²) in [5.41, 5.74) is 5.91. The van der Waals surface area contributed by atoms with Crippen LogP contribution in [-0.4, -0.2) is 19.1 Å². The van der Waals surface area contributed by atoms with E-state index in [-0.39, 0.29) is 11.4 Å². The lowest BCUT2D eigenvalue weighted by Crippen LogP contribution is -2.35. The molecule has 18 heavy (non-hydrogen) atoms. The number of carbonyl (C=O) groups excluding carboxylic acids is 1. The van der Waals surface area contributed by atoms with Gasteiger partial charge in [0.2, 0.25) is 0 Å². The number of hydrogen-bond donors (Lipinski definition) is 1. The smallest absolute Gasteiger partial charge is 0.306 e. The fourth-order valence-electron chi connectivity index (χ4n) is 2.83. The standard InChI is InChI=1S/C15H29NO2/c1-2-3-4-8-11-18-14(17)12-15(13-16)9-6-5-7-10-15/h2-13,16H2,1H3. The minimum Gasteiger partial charge on any atom is -0.466 e. The lowest BCUT2D eigenvalue weighted by atomic mass is 9.72. The van der Waals surface area contributed by atoms with Crippen LogP contribution < -0.4 is 5.73 Å². The van der Waals surface area contributed by atoms with Crippen molar-refractivity contribution in [1.82, 2.24) is 0 Å². The molecule has 2 N–H and O–H groups in total. The van der Waals surface area contributed by atoms with Gasteiger partial charge in [-0.3, -0.25) is 4.79 Å². The highest BCUT2D eigenvalue weighted by molar-refractivity contribution is 5.70. The van der Waals surface area contributed by atoms with Crippen LogP contribution in [0.4, 0.5) is 0 Å². The molecule has 0 amide bonds. The maximum absolute atomic E-state index is 11.8. The number of nitrogens with two attached hydrogens (primary N) is 1.